The first-order valence-corrected chi connectivity index (χ1v) is 6.77. The van der Waals surface area contributed by atoms with Gasteiger partial charge >= 0.3 is 5.97 Å². The molecule has 0 spiro atoms. The van der Waals surface area contributed by atoms with E-state index in [1.54, 1.807) is 0 Å². The van der Waals surface area contributed by atoms with E-state index in [0.717, 1.165) is 15.6 Å². The minimum Gasteiger partial charge on any atom is -1.00 e. The van der Waals surface area contributed by atoms with E-state index in [2.05, 4.69) is 15.9 Å². The van der Waals surface area contributed by atoms with Crippen LogP contribution < -0.4 is 28.5 Å². The number of rotatable bonds is 4. The first kappa shape index (κ1) is 17.1. The molecule has 1 aromatic carbocycles. The van der Waals surface area contributed by atoms with Crippen LogP contribution in [0.5, 0.6) is 0 Å². The molecule has 0 unspecified atom stereocenters. The second kappa shape index (κ2) is 8.36. The van der Waals surface area contributed by atoms with Gasteiger partial charge in [-0.25, -0.2) is 4.57 Å². The Hall–Kier alpha value is -0.950. The van der Waals surface area contributed by atoms with Gasteiger partial charge in [0.2, 0.25) is 0 Å². The largest absolute Gasteiger partial charge is 1.00 e. The molecule has 0 aliphatic rings. The molecule has 0 radical (unpaired) electrons. The normalized spacial score (nSPS) is 9.70. The molecular formula is C15H15BrINO2. The smallest absolute Gasteiger partial charge is 0.310 e. The molecule has 1 aromatic heterocycles. The van der Waals surface area contributed by atoms with E-state index >= 15 is 0 Å². The summed E-state index contributed by atoms with van der Waals surface area (Å²) in [4.78, 5) is 11.7. The Balaban J connectivity index is 0.00000200. The van der Waals surface area contributed by atoms with Crippen molar-refractivity contribution in [2.45, 2.75) is 13.0 Å². The van der Waals surface area contributed by atoms with E-state index in [4.69, 9.17) is 4.74 Å². The number of ether oxygens (including phenoxy) is 1. The highest BCUT2D eigenvalue weighted by molar-refractivity contribution is 9.10. The lowest BCUT2D eigenvalue weighted by Gasteiger charge is -2.05. The lowest BCUT2D eigenvalue weighted by molar-refractivity contribution is -0.671. The second-order valence-corrected chi connectivity index (χ2v) is 5.25. The van der Waals surface area contributed by atoms with Crippen LogP contribution in [0, 0.1) is 0 Å². The van der Waals surface area contributed by atoms with Gasteiger partial charge in [-0.3, -0.25) is 4.79 Å². The van der Waals surface area contributed by atoms with Crippen molar-refractivity contribution in [2.24, 2.45) is 7.05 Å². The summed E-state index contributed by atoms with van der Waals surface area (Å²) in [6.07, 6.45) is 4.13. The first-order chi connectivity index (χ1) is 9.13. The summed E-state index contributed by atoms with van der Waals surface area (Å²) in [5.74, 6) is -0.211. The number of carbonyl (C=O) groups is 1. The molecule has 0 aliphatic heterocycles. The summed E-state index contributed by atoms with van der Waals surface area (Å²) in [5.41, 5.74) is 1.94. The molecule has 0 saturated heterocycles. The molecule has 2 rings (SSSR count). The van der Waals surface area contributed by atoms with Crippen LogP contribution in [0.15, 0.2) is 53.3 Å². The van der Waals surface area contributed by atoms with Crippen molar-refractivity contribution >= 4 is 21.9 Å². The third-order valence-corrected chi connectivity index (χ3v) is 3.24. The SMILES string of the molecule is C[n+]1ccc(CC(=O)OCc2ccc(Br)cc2)cc1.[I-]. The van der Waals surface area contributed by atoms with Crippen molar-refractivity contribution in [3.63, 3.8) is 0 Å². The Morgan fingerprint density at radius 1 is 1.10 bits per heavy atom. The summed E-state index contributed by atoms with van der Waals surface area (Å²) in [6.45, 7) is 0.312. The zero-order valence-electron chi connectivity index (χ0n) is 11.1. The van der Waals surface area contributed by atoms with Crippen molar-refractivity contribution in [1.29, 1.82) is 0 Å². The van der Waals surface area contributed by atoms with Crippen LogP contribution in [0.1, 0.15) is 11.1 Å². The zero-order valence-corrected chi connectivity index (χ0v) is 14.8. The summed E-state index contributed by atoms with van der Waals surface area (Å²) in [5, 5.41) is 0. The topological polar surface area (TPSA) is 30.2 Å². The van der Waals surface area contributed by atoms with Gasteiger partial charge in [0, 0.05) is 16.6 Å². The van der Waals surface area contributed by atoms with E-state index in [1.165, 1.54) is 0 Å². The molecule has 106 valence electrons. The number of hydrogen-bond acceptors (Lipinski definition) is 2. The van der Waals surface area contributed by atoms with Crippen LogP contribution in [-0.4, -0.2) is 5.97 Å². The van der Waals surface area contributed by atoms with Gasteiger partial charge in [0.1, 0.15) is 13.7 Å². The molecule has 1 heterocycles. The van der Waals surface area contributed by atoms with Gasteiger partial charge < -0.3 is 28.7 Å². The molecule has 5 heteroatoms. The average molecular weight is 448 g/mol. The van der Waals surface area contributed by atoms with Gasteiger partial charge in [0.15, 0.2) is 12.4 Å². The van der Waals surface area contributed by atoms with Crippen molar-refractivity contribution in [1.82, 2.24) is 0 Å². The van der Waals surface area contributed by atoms with Crippen molar-refractivity contribution in [3.8, 4) is 0 Å². The number of hydrogen-bond donors (Lipinski definition) is 0. The molecule has 0 fully saturated rings. The van der Waals surface area contributed by atoms with Crippen molar-refractivity contribution in [2.75, 3.05) is 0 Å². The number of nitrogens with zero attached hydrogens (tertiary/aromatic N) is 1. The maximum atomic E-state index is 11.7. The Labute approximate surface area is 144 Å². The van der Waals surface area contributed by atoms with E-state index in [1.807, 2.05) is 60.4 Å². The molecule has 20 heavy (non-hydrogen) atoms. The molecule has 0 bridgehead atoms. The maximum Gasteiger partial charge on any atom is 0.310 e. The average Bonchev–Trinajstić information content (AvgIpc) is 2.41. The van der Waals surface area contributed by atoms with Gasteiger partial charge in [0.05, 0.1) is 6.42 Å². The number of pyridine rings is 1. The number of carbonyl (C=O) groups excluding carboxylic acids is 1. The Morgan fingerprint density at radius 3 is 2.30 bits per heavy atom. The first-order valence-electron chi connectivity index (χ1n) is 5.98. The predicted molar refractivity (Wildman–Crippen MR) is 75.3 cm³/mol. The molecule has 0 atom stereocenters. The maximum absolute atomic E-state index is 11.7. The molecule has 3 nitrogen and oxygen atoms in total. The van der Waals surface area contributed by atoms with Crippen LogP contribution in [0.2, 0.25) is 0 Å². The lowest BCUT2D eigenvalue weighted by atomic mass is 10.2. The highest BCUT2D eigenvalue weighted by Crippen LogP contribution is 2.11. The van der Waals surface area contributed by atoms with Crippen LogP contribution in [-0.2, 0) is 29.6 Å². The fourth-order valence-corrected chi connectivity index (χ4v) is 1.88. The molecule has 2 aromatic rings. The highest BCUT2D eigenvalue weighted by Gasteiger charge is 2.06. The second-order valence-electron chi connectivity index (χ2n) is 4.34. The summed E-state index contributed by atoms with van der Waals surface area (Å²) >= 11 is 3.37. The Bertz CT molecular complexity index is 555. The molecule has 0 aliphatic carbocycles. The van der Waals surface area contributed by atoms with Gasteiger partial charge in [-0.15, -0.1) is 0 Å². The fraction of sp³-hybridized carbons (Fsp3) is 0.200. The number of benzene rings is 1. The van der Waals surface area contributed by atoms with E-state index < -0.39 is 0 Å². The van der Waals surface area contributed by atoms with E-state index in [-0.39, 0.29) is 29.9 Å². The van der Waals surface area contributed by atoms with Crippen molar-refractivity contribution < 1.29 is 38.1 Å². The van der Waals surface area contributed by atoms with E-state index in [0.29, 0.717) is 13.0 Å². The Kier molecular flexibility index (Phi) is 7.15. The van der Waals surface area contributed by atoms with Crippen LogP contribution in [0.4, 0.5) is 0 Å². The number of halogens is 2. The molecule has 0 N–H and O–H groups in total. The minimum atomic E-state index is -0.211. The van der Waals surface area contributed by atoms with Crippen LogP contribution in [0.3, 0.4) is 0 Å². The number of esters is 1. The van der Waals surface area contributed by atoms with Gasteiger partial charge in [0.25, 0.3) is 0 Å². The quantitative estimate of drug-likeness (QED) is 0.361. The highest BCUT2D eigenvalue weighted by atomic mass is 127. The fourth-order valence-electron chi connectivity index (χ4n) is 1.61. The van der Waals surface area contributed by atoms with Crippen LogP contribution >= 0.6 is 15.9 Å². The minimum absolute atomic E-state index is 0. The molecule has 0 saturated carbocycles. The number of aromatic nitrogens is 1. The van der Waals surface area contributed by atoms with Gasteiger partial charge in [-0.05, 0) is 23.3 Å². The van der Waals surface area contributed by atoms with Crippen LogP contribution in [0.25, 0.3) is 0 Å². The molecular weight excluding hydrogens is 433 g/mol. The summed E-state index contributed by atoms with van der Waals surface area (Å²) in [7, 11) is 1.94. The molecule has 0 amide bonds. The van der Waals surface area contributed by atoms with Gasteiger partial charge in [-0.2, -0.15) is 0 Å². The number of aryl methyl sites for hydroxylation is 1. The lowest BCUT2D eigenvalue weighted by Crippen LogP contribution is -3.00. The Morgan fingerprint density at radius 2 is 1.70 bits per heavy atom. The van der Waals surface area contributed by atoms with E-state index in [9.17, 15) is 4.79 Å². The standard InChI is InChI=1S/C15H15BrNO2.HI/c1-17-8-6-12(7-9-17)10-15(18)19-11-13-2-4-14(16)5-3-13;/h2-9H,10-11H2,1H3;1H/q+1;/p-1. The summed E-state index contributed by atoms with van der Waals surface area (Å²) < 4.78 is 8.18. The summed E-state index contributed by atoms with van der Waals surface area (Å²) in [6, 6.07) is 11.6. The monoisotopic (exact) mass is 447 g/mol. The predicted octanol–water partition coefficient (Wildman–Crippen LogP) is -0.436. The van der Waals surface area contributed by atoms with Gasteiger partial charge in [-0.1, -0.05) is 28.1 Å². The third-order valence-electron chi connectivity index (χ3n) is 2.71. The van der Waals surface area contributed by atoms with Crippen molar-refractivity contribution in [3.05, 3.63) is 64.4 Å². The zero-order chi connectivity index (χ0) is 13.7. The third kappa shape index (κ3) is 5.58.